The summed E-state index contributed by atoms with van der Waals surface area (Å²) in [5.74, 6) is -0.417. The predicted molar refractivity (Wildman–Crippen MR) is 252 cm³/mol. The third-order valence-corrected chi connectivity index (χ3v) is 9.67. The molecule has 5 aromatic carbocycles. The molecule has 0 aliphatic rings. The van der Waals surface area contributed by atoms with Crippen molar-refractivity contribution in [2.75, 3.05) is 14.2 Å². The van der Waals surface area contributed by atoms with E-state index in [1.807, 2.05) is 0 Å². The Labute approximate surface area is 393 Å². The highest BCUT2D eigenvalue weighted by Crippen LogP contribution is 2.36. The van der Waals surface area contributed by atoms with E-state index in [0.29, 0.717) is 42.6 Å². The van der Waals surface area contributed by atoms with E-state index < -0.39 is 28.8 Å². The molecule has 62 heavy (non-hydrogen) atoms. The first kappa shape index (κ1) is 51.6. The average molecular weight is 1180 g/mol. The quantitative estimate of drug-likeness (QED) is 0.0829. The zero-order chi connectivity index (χ0) is 44.1. The molecule has 7 rings (SSSR count). The van der Waals surface area contributed by atoms with Crippen molar-refractivity contribution in [2.24, 2.45) is 0 Å². The van der Waals surface area contributed by atoms with Crippen LogP contribution in [0.15, 0.2) is 128 Å². The number of alkyl halides is 3. The van der Waals surface area contributed by atoms with E-state index in [2.05, 4.69) is 79.1 Å². The Morgan fingerprint density at radius 3 is 1.61 bits per heavy atom. The van der Waals surface area contributed by atoms with E-state index >= 15 is 0 Å². The lowest BCUT2D eigenvalue weighted by atomic mass is 10.1. The number of phenolic OH excluding ortho intramolecular Hbond substituents is 3. The van der Waals surface area contributed by atoms with Gasteiger partial charge in [0.15, 0.2) is 0 Å². The molecule has 7 aromatic rings. The van der Waals surface area contributed by atoms with E-state index in [9.17, 15) is 42.9 Å². The van der Waals surface area contributed by atoms with Crippen LogP contribution in [-0.4, -0.2) is 53.3 Å². The van der Waals surface area contributed by atoms with Gasteiger partial charge in [0.25, 0.3) is 11.1 Å². The van der Waals surface area contributed by atoms with Crippen LogP contribution < -0.4 is 25.3 Å². The Kier molecular flexibility index (Phi) is 18.3. The minimum Gasteiger partial charge on any atom is -0.508 e. The van der Waals surface area contributed by atoms with E-state index in [4.69, 9.17) is 14.2 Å². The lowest BCUT2D eigenvalue weighted by Crippen LogP contribution is -2.20. The molecule has 5 N–H and O–H groups in total. The van der Waals surface area contributed by atoms with Gasteiger partial charge in [-0.15, -0.1) is 47.3 Å². The number of nitrogens with zero attached hydrogens (tertiary/aromatic N) is 2. The monoisotopic (exact) mass is 1180 g/mol. The minimum absolute atomic E-state index is 0. The third-order valence-electron chi connectivity index (χ3n) is 8.41. The van der Waals surface area contributed by atoms with Crippen molar-refractivity contribution < 1.29 is 53.0 Å². The maximum Gasteiger partial charge on any atom is 0.416 e. The number of rotatable bonds is 6. The number of esters is 1. The zero-order valence-electron chi connectivity index (χ0n) is 31.2. The van der Waals surface area contributed by atoms with Gasteiger partial charge in [-0.25, -0.2) is 4.79 Å². The minimum atomic E-state index is -4.54. The number of benzene rings is 5. The summed E-state index contributed by atoms with van der Waals surface area (Å²) in [5.41, 5.74) is -0.823. The van der Waals surface area contributed by atoms with Gasteiger partial charge in [-0.3, -0.25) is 18.7 Å². The Morgan fingerprint density at radius 1 is 0.661 bits per heavy atom. The Morgan fingerprint density at radius 2 is 1.13 bits per heavy atom. The van der Waals surface area contributed by atoms with Crippen LogP contribution in [0.3, 0.4) is 0 Å². The summed E-state index contributed by atoms with van der Waals surface area (Å²) in [7, 11) is 2.94. The number of aromatic nitrogens is 2. The Balaban J connectivity index is 0.000000323. The lowest BCUT2D eigenvalue weighted by molar-refractivity contribution is -0.137. The maximum atomic E-state index is 13.5. The second-order valence-corrected chi connectivity index (χ2v) is 20.3. The van der Waals surface area contributed by atoms with Crippen LogP contribution in [0.2, 0.25) is 0 Å². The molecule has 0 atom stereocenters. The van der Waals surface area contributed by atoms with Crippen molar-refractivity contribution in [2.45, 2.75) is 13.6 Å². The molecule has 0 saturated heterocycles. The topological polar surface area (TPSA) is 181 Å². The van der Waals surface area contributed by atoms with Crippen molar-refractivity contribution in [3.05, 3.63) is 150 Å². The van der Waals surface area contributed by atoms with Crippen LogP contribution >= 0.6 is 79.1 Å². The molecule has 0 amide bonds. The van der Waals surface area contributed by atoms with Crippen LogP contribution in [-0.2, 0) is 6.18 Å². The zero-order valence-corrected chi connectivity index (χ0v) is 39.1. The van der Waals surface area contributed by atoms with E-state index in [1.54, 1.807) is 54.9 Å². The molecule has 12 nitrogen and oxygen atoms in total. The smallest absolute Gasteiger partial charge is 0.416 e. The highest BCUT2D eigenvalue weighted by Gasteiger charge is 2.30. The molecule has 2 heterocycles. The van der Waals surface area contributed by atoms with Crippen LogP contribution in [0.5, 0.6) is 34.5 Å². The molecule has 21 heteroatoms. The second-order valence-electron chi connectivity index (χ2n) is 12.2. The number of halogens is 8. The second kappa shape index (κ2) is 22.0. The molecule has 2 aromatic heterocycles. The highest BCUT2D eigenvalue weighted by molar-refractivity contribution is 9.69. The first-order chi connectivity index (χ1) is 28.3. The van der Waals surface area contributed by atoms with E-state index in [0.717, 1.165) is 30.3 Å². The summed E-state index contributed by atoms with van der Waals surface area (Å²) in [6.07, 6.45) is -1.41. The fourth-order valence-corrected chi connectivity index (χ4v) is 6.68. The third kappa shape index (κ3) is 12.2. The predicted octanol–water partition coefficient (Wildman–Crippen LogP) is 10.8. The summed E-state index contributed by atoms with van der Waals surface area (Å²) in [4.78, 5) is 38.8. The molecular formula is C41H33BBr5F3N2O10. The van der Waals surface area contributed by atoms with Gasteiger partial charge in [0, 0.05) is 55.6 Å². The van der Waals surface area contributed by atoms with Gasteiger partial charge in [-0.1, -0.05) is 7.43 Å². The lowest BCUT2D eigenvalue weighted by Gasteiger charge is -2.14. The van der Waals surface area contributed by atoms with Crippen molar-refractivity contribution >= 4 is 110 Å². The molecule has 0 bridgehead atoms. The Hall–Kier alpha value is -4.80. The number of hydrogen-bond donors (Lipinski definition) is 3. The number of carbonyl (C=O) groups is 1. The fourth-order valence-electron chi connectivity index (χ4n) is 5.64. The number of methoxy groups -OCH3 is 2. The summed E-state index contributed by atoms with van der Waals surface area (Å²) < 4.78 is 58.5. The summed E-state index contributed by atoms with van der Waals surface area (Å²) in [6.45, 7) is 0. The standard InChI is InChI=1S/C25H17BrF3NO5.C15H10BrNO4.CH4.BBr3.H2O/c1-33-17-9-7-16(8-10-17)30-13-20(26)19-11-18(34-2)12-21(22(19)23(30)31)35-24(32)14-3-5-15(6-4-14)25(27,28)29;16-12-7-17(8-1-3-9(18)4-2-8)15(21)14-11(12)5-10(19)6-13(14)20;;2-1(3)4;/h3-13H,1-2H3;1-7,18-20H;1H4;;1H2. The first-order valence-electron chi connectivity index (χ1n) is 16.8. The first-order valence-corrected chi connectivity index (χ1v) is 21.1. The number of hydrogen-bond acceptors (Lipinski definition) is 9. The van der Waals surface area contributed by atoms with Crippen LogP contribution in [0.1, 0.15) is 23.3 Å². The van der Waals surface area contributed by atoms with Gasteiger partial charge >= 0.3 is 15.3 Å². The number of fused-ring (bicyclic) bond motifs is 2. The molecule has 0 radical (unpaired) electrons. The van der Waals surface area contributed by atoms with Crippen LogP contribution in [0.4, 0.5) is 13.2 Å². The van der Waals surface area contributed by atoms with Gasteiger partial charge in [0.2, 0.25) is 0 Å². The van der Waals surface area contributed by atoms with Crippen molar-refractivity contribution in [3.63, 3.8) is 0 Å². The summed E-state index contributed by atoms with van der Waals surface area (Å²) in [6, 6.07) is 22.0. The maximum absolute atomic E-state index is 13.5. The molecule has 0 saturated carbocycles. The van der Waals surface area contributed by atoms with Crippen LogP contribution in [0, 0.1) is 0 Å². The number of ether oxygens (including phenoxy) is 3. The van der Waals surface area contributed by atoms with Crippen molar-refractivity contribution in [1.29, 1.82) is 0 Å². The largest absolute Gasteiger partial charge is 0.508 e. The van der Waals surface area contributed by atoms with Gasteiger partial charge < -0.3 is 35.0 Å². The summed E-state index contributed by atoms with van der Waals surface area (Å²) in [5, 5.41) is 29.8. The van der Waals surface area contributed by atoms with Crippen molar-refractivity contribution in [1.82, 2.24) is 9.13 Å². The van der Waals surface area contributed by atoms with E-state index in [-0.39, 0.29) is 55.4 Å². The van der Waals surface area contributed by atoms with Gasteiger partial charge in [0.1, 0.15) is 34.5 Å². The van der Waals surface area contributed by atoms with Crippen LogP contribution in [0.25, 0.3) is 32.9 Å². The number of aromatic hydroxyl groups is 3. The normalized spacial score (nSPS) is 10.5. The molecular weight excluding hydrogens is 1150 g/mol. The highest BCUT2D eigenvalue weighted by atomic mass is 79.9. The van der Waals surface area contributed by atoms with Gasteiger partial charge in [0.05, 0.1) is 36.1 Å². The molecule has 0 aliphatic heterocycles. The van der Waals surface area contributed by atoms with E-state index in [1.165, 1.54) is 47.6 Å². The average Bonchev–Trinajstić information content (AvgIpc) is 3.20. The molecule has 0 fully saturated rings. The summed E-state index contributed by atoms with van der Waals surface area (Å²) >= 11 is 16.1. The molecule has 326 valence electrons. The molecule has 0 aliphatic carbocycles. The number of carbonyl (C=O) groups excluding carboxylic acids is 1. The van der Waals surface area contributed by atoms with Crippen molar-refractivity contribution in [3.8, 4) is 45.9 Å². The Bertz CT molecular complexity index is 2810. The SMILES string of the molecule is BrB(Br)Br.C.COc1ccc(-n2cc(Br)c3cc(OC)cc(OC(=O)c4ccc(C(F)(F)F)cc4)c3c2=O)cc1.O.O=c1c2c(O)cc(O)cc2c(Br)cn1-c1ccc(O)cc1. The number of phenols is 3. The van der Waals surface area contributed by atoms with Gasteiger partial charge in [-0.2, -0.15) is 13.2 Å². The fraction of sp³-hybridized carbons (Fsp3) is 0.0976. The molecule has 0 spiro atoms. The molecule has 0 unspecified atom stereocenters. The number of pyridine rings is 2. The van der Waals surface area contributed by atoms with Gasteiger partial charge in [-0.05, 0) is 117 Å².